The van der Waals surface area contributed by atoms with Crippen molar-refractivity contribution in [3.8, 4) is 0 Å². The van der Waals surface area contributed by atoms with Gasteiger partial charge in [0.25, 0.3) is 15.9 Å². The summed E-state index contributed by atoms with van der Waals surface area (Å²) in [5.74, 6) is -2.48. The van der Waals surface area contributed by atoms with E-state index in [0.717, 1.165) is 17.0 Å². The van der Waals surface area contributed by atoms with Crippen LogP contribution in [0.1, 0.15) is 35.1 Å². The molecule has 1 heterocycles. The van der Waals surface area contributed by atoms with E-state index < -0.39 is 26.6 Å². The van der Waals surface area contributed by atoms with Gasteiger partial charge in [-0.2, -0.15) is 0 Å². The number of thiophene rings is 1. The molecule has 0 saturated heterocycles. The van der Waals surface area contributed by atoms with Gasteiger partial charge in [-0.25, -0.2) is 17.2 Å². The molecule has 2 N–H and O–H groups in total. The number of carbonyl (C=O) groups is 1. The Morgan fingerprint density at radius 1 is 1.00 bits per heavy atom. The Kier molecular flexibility index (Phi) is 6.52. The van der Waals surface area contributed by atoms with E-state index in [9.17, 15) is 22.0 Å². The van der Waals surface area contributed by atoms with Crippen molar-refractivity contribution in [3.63, 3.8) is 0 Å². The number of rotatable bonds is 7. The van der Waals surface area contributed by atoms with Crippen LogP contribution in [0.5, 0.6) is 0 Å². The fourth-order valence-corrected chi connectivity index (χ4v) is 4.83. The molecule has 0 fully saturated rings. The molecule has 158 valence electrons. The first-order chi connectivity index (χ1) is 14.2. The first-order valence-corrected chi connectivity index (χ1v) is 11.5. The molecule has 1 atom stereocenters. The summed E-state index contributed by atoms with van der Waals surface area (Å²) in [6, 6.07) is 11.9. The lowest BCUT2D eigenvalue weighted by Crippen LogP contribution is -2.31. The molecule has 0 aliphatic rings. The van der Waals surface area contributed by atoms with E-state index in [0.29, 0.717) is 11.6 Å². The number of hydrogen-bond donors (Lipinski definition) is 2. The van der Waals surface area contributed by atoms with E-state index in [4.69, 9.17) is 0 Å². The molecule has 9 heteroatoms. The lowest BCUT2D eigenvalue weighted by atomic mass is 10.0. The zero-order chi connectivity index (χ0) is 21.9. The number of benzene rings is 2. The quantitative estimate of drug-likeness (QED) is 0.535. The molecule has 5 nitrogen and oxygen atoms in total. The zero-order valence-corrected chi connectivity index (χ0v) is 17.9. The molecular formula is C21H20F2N2O3S2. The lowest BCUT2D eigenvalue weighted by molar-refractivity contribution is 0.0926. The molecule has 0 radical (unpaired) electrons. The highest BCUT2D eigenvalue weighted by molar-refractivity contribution is 7.92. The van der Waals surface area contributed by atoms with E-state index in [1.54, 1.807) is 11.3 Å². The second-order valence-corrected chi connectivity index (χ2v) is 9.63. The number of amides is 1. The largest absolute Gasteiger partial charge is 0.344 e. The smallest absolute Gasteiger partial charge is 0.261 e. The minimum atomic E-state index is -4.10. The van der Waals surface area contributed by atoms with Gasteiger partial charge in [0.1, 0.15) is 0 Å². The molecule has 3 aromatic rings. The SMILES string of the molecule is CC(C)C(NC(=O)c1ccc(NS(=O)(=O)c2ccc(F)c(F)c2)cc1)c1cccs1. The summed E-state index contributed by atoms with van der Waals surface area (Å²) >= 11 is 1.56. The minimum absolute atomic E-state index is 0.135. The van der Waals surface area contributed by atoms with Crippen molar-refractivity contribution in [1.29, 1.82) is 0 Å². The number of carbonyl (C=O) groups excluding carboxylic acids is 1. The minimum Gasteiger partial charge on any atom is -0.344 e. The van der Waals surface area contributed by atoms with E-state index in [-0.39, 0.29) is 23.6 Å². The average Bonchev–Trinajstić information content (AvgIpc) is 3.22. The van der Waals surface area contributed by atoms with Crippen molar-refractivity contribution in [2.24, 2.45) is 5.92 Å². The number of nitrogens with one attached hydrogen (secondary N) is 2. The van der Waals surface area contributed by atoms with Gasteiger partial charge in [0.15, 0.2) is 11.6 Å². The van der Waals surface area contributed by atoms with Crippen LogP contribution in [0, 0.1) is 17.6 Å². The van der Waals surface area contributed by atoms with Gasteiger partial charge in [0.2, 0.25) is 0 Å². The molecule has 3 rings (SSSR count). The summed E-state index contributed by atoms with van der Waals surface area (Å²) in [4.78, 5) is 13.3. The maximum absolute atomic E-state index is 13.3. The van der Waals surface area contributed by atoms with E-state index >= 15 is 0 Å². The zero-order valence-electron chi connectivity index (χ0n) is 16.2. The molecule has 0 bridgehead atoms. The molecule has 1 amide bonds. The Morgan fingerprint density at radius 3 is 2.27 bits per heavy atom. The Hall–Kier alpha value is -2.78. The van der Waals surface area contributed by atoms with Crippen LogP contribution in [-0.2, 0) is 10.0 Å². The third-order valence-corrected chi connectivity index (χ3v) is 6.74. The van der Waals surface area contributed by atoms with Gasteiger partial charge in [-0.15, -0.1) is 11.3 Å². The van der Waals surface area contributed by atoms with Crippen LogP contribution in [-0.4, -0.2) is 14.3 Å². The van der Waals surface area contributed by atoms with Crippen molar-refractivity contribution >= 4 is 33.0 Å². The summed E-state index contributed by atoms with van der Waals surface area (Å²) in [6.45, 7) is 4.03. The number of anilines is 1. The van der Waals surface area contributed by atoms with Crippen LogP contribution in [0.15, 0.2) is 64.9 Å². The normalized spacial score (nSPS) is 12.6. The highest BCUT2D eigenvalue weighted by atomic mass is 32.2. The van der Waals surface area contributed by atoms with Gasteiger partial charge < -0.3 is 5.32 Å². The predicted octanol–water partition coefficient (Wildman–Crippen LogP) is 4.95. The van der Waals surface area contributed by atoms with Crippen molar-refractivity contribution in [3.05, 3.63) is 82.1 Å². The maximum Gasteiger partial charge on any atom is 0.261 e. The standard InChI is InChI=1S/C21H20F2N2O3S2/c1-13(2)20(19-4-3-11-29-19)24-21(26)14-5-7-15(8-6-14)25-30(27,28)16-9-10-17(22)18(23)12-16/h3-13,20,25H,1-2H3,(H,24,26). The molecule has 0 saturated carbocycles. The number of hydrogen-bond acceptors (Lipinski definition) is 4. The molecule has 1 unspecified atom stereocenters. The van der Waals surface area contributed by atoms with E-state index in [2.05, 4.69) is 10.0 Å². The predicted molar refractivity (Wildman–Crippen MR) is 113 cm³/mol. The average molecular weight is 451 g/mol. The maximum atomic E-state index is 13.3. The molecule has 1 aromatic heterocycles. The third-order valence-electron chi connectivity index (χ3n) is 4.40. The van der Waals surface area contributed by atoms with Crippen LogP contribution < -0.4 is 10.0 Å². The van der Waals surface area contributed by atoms with Crippen molar-refractivity contribution in [2.75, 3.05) is 4.72 Å². The summed E-state index contributed by atoms with van der Waals surface area (Å²) in [5, 5.41) is 4.95. The summed E-state index contributed by atoms with van der Waals surface area (Å²) in [6.07, 6.45) is 0. The van der Waals surface area contributed by atoms with Gasteiger partial charge in [-0.3, -0.25) is 9.52 Å². The summed E-state index contributed by atoms with van der Waals surface area (Å²) in [5.41, 5.74) is 0.558. The van der Waals surface area contributed by atoms with Crippen molar-refractivity contribution in [1.82, 2.24) is 5.32 Å². The molecule has 2 aromatic carbocycles. The molecule has 0 aliphatic heterocycles. The van der Waals surface area contributed by atoms with Gasteiger partial charge in [-0.1, -0.05) is 19.9 Å². The van der Waals surface area contributed by atoms with Crippen LogP contribution >= 0.6 is 11.3 Å². The van der Waals surface area contributed by atoms with Gasteiger partial charge >= 0.3 is 0 Å². The third kappa shape index (κ3) is 5.03. The van der Waals surface area contributed by atoms with Crippen LogP contribution in [0.4, 0.5) is 14.5 Å². The Morgan fingerprint density at radius 2 is 1.70 bits per heavy atom. The van der Waals surface area contributed by atoms with Crippen LogP contribution in [0.2, 0.25) is 0 Å². The van der Waals surface area contributed by atoms with Gasteiger partial charge in [0, 0.05) is 16.1 Å². The molecule has 30 heavy (non-hydrogen) atoms. The number of sulfonamides is 1. The molecule has 0 spiro atoms. The van der Waals surface area contributed by atoms with E-state index in [1.165, 1.54) is 24.3 Å². The fourth-order valence-electron chi connectivity index (χ4n) is 2.81. The van der Waals surface area contributed by atoms with Crippen molar-refractivity contribution < 1.29 is 22.0 Å². The first kappa shape index (κ1) is 21.9. The molecular weight excluding hydrogens is 430 g/mol. The molecule has 0 aliphatic carbocycles. The fraction of sp³-hybridized carbons (Fsp3) is 0.190. The highest BCUT2D eigenvalue weighted by Gasteiger charge is 2.21. The monoisotopic (exact) mass is 450 g/mol. The first-order valence-electron chi connectivity index (χ1n) is 9.09. The Bertz CT molecular complexity index is 1130. The second-order valence-electron chi connectivity index (χ2n) is 6.97. The summed E-state index contributed by atoms with van der Waals surface area (Å²) in [7, 11) is -4.10. The number of halogens is 2. The summed E-state index contributed by atoms with van der Waals surface area (Å²) < 4.78 is 53.4. The Balaban J connectivity index is 1.72. The van der Waals surface area contributed by atoms with Crippen LogP contribution in [0.3, 0.4) is 0 Å². The van der Waals surface area contributed by atoms with Crippen LogP contribution in [0.25, 0.3) is 0 Å². The highest BCUT2D eigenvalue weighted by Crippen LogP contribution is 2.26. The van der Waals surface area contributed by atoms with Gasteiger partial charge in [-0.05, 0) is 59.8 Å². The van der Waals surface area contributed by atoms with Gasteiger partial charge in [0.05, 0.1) is 10.9 Å². The lowest BCUT2D eigenvalue weighted by Gasteiger charge is -2.21. The Labute approximate surface area is 177 Å². The second kappa shape index (κ2) is 8.93. The topological polar surface area (TPSA) is 75.3 Å². The van der Waals surface area contributed by atoms with E-state index in [1.807, 2.05) is 31.4 Å². The van der Waals surface area contributed by atoms with Crippen molar-refractivity contribution in [2.45, 2.75) is 24.8 Å².